The van der Waals surface area contributed by atoms with Crippen molar-refractivity contribution in [3.05, 3.63) is 74.1 Å². The third-order valence-electron chi connectivity index (χ3n) is 7.62. The van der Waals surface area contributed by atoms with Crippen LogP contribution in [0.1, 0.15) is 46.9 Å². The average molecular weight is 519 g/mol. The zero-order valence-corrected chi connectivity index (χ0v) is 21.3. The molecule has 0 aliphatic carbocycles. The second kappa shape index (κ2) is 8.81. The number of carbonyl (C=O) groups excluding carboxylic acids is 1. The lowest BCUT2D eigenvalue weighted by atomic mass is 9.86. The largest absolute Gasteiger partial charge is 0.458 e. The summed E-state index contributed by atoms with van der Waals surface area (Å²) in [6.45, 7) is 4.52. The van der Waals surface area contributed by atoms with E-state index in [0.717, 1.165) is 35.2 Å². The van der Waals surface area contributed by atoms with Crippen LogP contribution in [0.3, 0.4) is 0 Å². The molecule has 0 radical (unpaired) electrons. The van der Waals surface area contributed by atoms with E-state index in [1.54, 1.807) is 35.2 Å². The molecule has 3 aromatic heterocycles. The highest BCUT2D eigenvalue weighted by molar-refractivity contribution is 5.89. The number of esters is 1. The first-order valence-corrected chi connectivity index (χ1v) is 12.6. The third kappa shape index (κ3) is 3.57. The summed E-state index contributed by atoms with van der Waals surface area (Å²) >= 11 is 0. The zero-order chi connectivity index (χ0) is 26.8. The number of nitrogens with zero attached hydrogens (tertiary/aromatic N) is 5. The topological polar surface area (TPSA) is 124 Å². The van der Waals surface area contributed by atoms with Crippen LogP contribution >= 0.6 is 0 Å². The molecule has 2 N–H and O–H groups in total. The standard InChI is InChI=1S/C27H27FN6O4/c1-4-27(37)20-8-23-24-18(12-34(23)25(35)19(20)13-38-26(27)36)17(11-33-10-15(31-32-33)5-6-29-3)16-7-14(2)21(28)9-22(16)30-24/h7-10,29,37H,4-6,11-13H2,1-3H3/t27-/m0/s1. The summed E-state index contributed by atoms with van der Waals surface area (Å²) in [6.07, 6.45) is 2.66. The molecule has 1 aromatic carbocycles. The number of aromatic nitrogens is 5. The molecule has 196 valence electrons. The number of fused-ring (bicyclic) bond motifs is 5. The fourth-order valence-electron chi connectivity index (χ4n) is 5.42. The molecule has 11 heteroatoms. The van der Waals surface area contributed by atoms with Crippen molar-refractivity contribution in [3.63, 3.8) is 0 Å². The van der Waals surface area contributed by atoms with E-state index in [1.165, 1.54) is 6.07 Å². The van der Waals surface area contributed by atoms with Gasteiger partial charge in [-0.1, -0.05) is 12.1 Å². The third-order valence-corrected chi connectivity index (χ3v) is 7.62. The number of hydrogen-bond donors (Lipinski definition) is 2. The molecule has 38 heavy (non-hydrogen) atoms. The quantitative estimate of drug-likeness (QED) is 0.327. The molecule has 0 bridgehead atoms. The van der Waals surface area contributed by atoms with Crippen molar-refractivity contribution >= 4 is 16.9 Å². The molecular formula is C27H27FN6O4. The molecule has 10 nitrogen and oxygen atoms in total. The molecule has 4 aromatic rings. The Balaban J connectivity index is 1.56. The highest BCUT2D eigenvalue weighted by Gasteiger charge is 2.45. The molecule has 0 fully saturated rings. The smallest absolute Gasteiger partial charge is 0.343 e. The zero-order valence-electron chi connectivity index (χ0n) is 21.3. The van der Waals surface area contributed by atoms with Crippen molar-refractivity contribution in [2.75, 3.05) is 13.6 Å². The Hall–Kier alpha value is -3.96. The van der Waals surface area contributed by atoms with E-state index in [4.69, 9.17) is 9.72 Å². The Morgan fingerprint density at radius 3 is 2.82 bits per heavy atom. The van der Waals surface area contributed by atoms with Gasteiger partial charge in [0.15, 0.2) is 5.60 Å². The molecule has 0 saturated carbocycles. The first kappa shape index (κ1) is 24.4. The van der Waals surface area contributed by atoms with Gasteiger partial charge >= 0.3 is 5.97 Å². The van der Waals surface area contributed by atoms with Crippen molar-refractivity contribution in [3.8, 4) is 11.4 Å². The molecule has 0 unspecified atom stereocenters. The van der Waals surface area contributed by atoms with E-state index in [9.17, 15) is 19.1 Å². The van der Waals surface area contributed by atoms with E-state index in [1.807, 2.05) is 13.2 Å². The summed E-state index contributed by atoms with van der Waals surface area (Å²) in [5.74, 6) is -1.16. The van der Waals surface area contributed by atoms with Crippen LogP contribution in [-0.2, 0) is 41.2 Å². The number of hydrogen-bond acceptors (Lipinski definition) is 8. The molecule has 6 rings (SSSR count). The van der Waals surface area contributed by atoms with Crippen LogP contribution in [0, 0.1) is 12.7 Å². The second-order valence-corrected chi connectivity index (χ2v) is 9.90. The van der Waals surface area contributed by atoms with Gasteiger partial charge in [-0.25, -0.2) is 18.9 Å². The predicted molar refractivity (Wildman–Crippen MR) is 136 cm³/mol. The van der Waals surface area contributed by atoms with Gasteiger partial charge in [-0.05, 0) is 43.7 Å². The fourth-order valence-corrected chi connectivity index (χ4v) is 5.42. The maximum atomic E-state index is 14.6. The number of rotatable bonds is 6. The number of aliphatic hydroxyl groups is 1. The van der Waals surface area contributed by atoms with Crippen molar-refractivity contribution in [2.45, 2.75) is 52.0 Å². The minimum atomic E-state index is -1.92. The van der Waals surface area contributed by atoms with E-state index in [-0.39, 0.29) is 42.1 Å². The molecule has 0 spiro atoms. The van der Waals surface area contributed by atoms with Gasteiger partial charge in [0.25, 0.3) is 5.56 Å². The minimum absolute atomic E-state index is 0.0532. The lowest BCUT2D eigenvalue weighted by Gasteiger charge is -2.31. The number of pyridine rings is 2. The normalized spacial score (nSPS) is 17.9. The summed E-state index contributed by atoms with van der Waals surface area (Å²) in [6, 6.07) is 4.82. The van der Waals surface area contributed by atoms with Crippen molar-refractivity contribution in [2.24, 2.45) is 0 Å². The van der Waals surface area contributed by atoms with Gasteiger partial charge in [0.1, 0.15) is 12.4 Å². The van der Waals surface area contributed by atoms with Gasteiger partial charge in [0.2, 0.25) is 0 Å². The maximum absolute atomic E-state index is 14.6. The fraction of sp³-hybridized carbons (Fsp3) is 0.370. The Morgan fingerprint density at radius 2 is 2.05 bits per heavy atom. The summed E-state index contributed by atoms with van der Waals surface area (Å²) in [7, 11) is 1.87. The average Bonchev–Trinajstić information content (AvgIpc) is 3.51. The van der Waals surface area contributed by atoms with Crippen LogP contribution < -0.4 is 10.9 Å². The van der Waals surface area contributed by atoms with Crippen LogP contribution in [0.5, 0.6) is 0 Å². The second-order valence-electron chi connectivity index (χ2n) is 9.90. The summed E-state index contributed by atoms with van der Waals surface area (Å²) < 4.78 is 23.1. The molecule has 2 aliphatic heterocycles. The number of ether oxygens (including phenoxy) is 1. The van der Waals surface area contributed by atoms with Crippen LogP contribution in [0.15, 0.2) is 29.2 Å². The van der Waals surface area contributed by atoms with Crippen molar-refractivity contribution in [1.82, 2.24) is 29.9 Å². The van der Waals surface area contributed by atoms with Gasteiger partial charge in [-0.3, -0.25) is 4.79 Å². The molecule has 2 aliphatic rings. The number of nitrogens with one attached hydrogen (secondary N) is 1. The van der Waals surface area contributed by atoms with Crippen LogP contribution in [0.25, 0.3) is 22.3 Å². The first-order valence-electron chi connectivity index (χ1n) is 12.6. The van der Waals surface area contributed by atoms with E-state index < -0.39 is 11.6 Å². The molecule has 0 saturated heterocycles. The maximum Gasteiger partial charge on any atom is 0.343 e. The first-order chi connectivity index (χ1) is 18.2. The predicted octanol–water partition coefficient (Wildman–Crippen LogP) is 1.93. The summed E-state index contributed by atoms with van der Waals surface area (Å²) in [5, 5.41) is 23.6. The Bertz CT molecular complexity index is 1690. The van der Waals surface area contributed by atoms with Crippen LogP contribution in [0.4, 0.5) is 4.39 Å². The number of aryl methyl sites for hydroxylation is 1. The Morgan fingerprint density at radius 1 is 1.24 bits per heavy atom. The lowest BCUT2D eigenvalue weighted by Crippen LogP contribution is -2.44. The monoisotopic (exact) mass is 518 g/mol. The SMILES string of the molecule is CC[C@@]1(O)C(=O)OCc2c1cc1n(c2=O)Cc2c-1nc1cc(F)c(C)cc1c2Cn1cc(CCNC)nn1. The van der Waals surface area contributed by atoms with E-state index >= 15 is 0 Å². The molecule has 0 amide bonds. The number of benzene rings is 1. The number of likely N-dealkylation sites (N-methyl/N-ethyl adjacent to an activating group) is 1. The lowest BCUT2D eigenvalue weighted by molar-refractivity contribution is -0.172. The van der Waals surface area contributed by atoms with Gasteiger partial charge in [0, 0.05) is 41.7 Å². The number of cyclic esters (lactones) is 1. The van der Waals surface area contributed by atoms with E-state index in [2.05, 4.69) is 15.6 Å². The number of halogens is 1. The highest BCUT2D eigenvalue weighted by atomic mass is 19.1. The number of carbonyl (C=O) groups is 1. The Kier molecular flexibility index (Phi) is 5.65. The highest BCUT2D eigenvalue weighted by Crippen LogP contribution is 2.40. The summed E-state index contributed by atoms with van der Waals surface area (Å²) in [5.41, 5.74) is 2.66. The van der Waals surface area contributed by atoms with Gasteiger partial charge < -0.3 is 19.7 Å². The minimum Gasteiger partial charge on any atom is -0.458 e. The molecule has 5 heterocycles. The van der Waals surface area contributed by atoms with Crippen molar-refractivity contribution in [1.29, 1.82) is 0 Å². The van der Waals surface area contributed by atoms with E-state index in [0.29, 0.717) is 29.0 Å². The van der Waals surface area contributed by atoms with Crippen LogP contribution in [-0.4, -0.2) is 49.2 Å². The summed E-state index contributed by atoms with van der Waals surface area (Å²) in [4.78, 5) is 30.9. The van der Waals surface area contributed by atoms with Gasteiger partial charge in [-0.2, -0.15) is 0 Å². The van der Waals surface area contributed by atoms with Crippen molar-refractivity contribution < 1.29 is 19.0 Å². The van der Waals surface area contributed by atoms with Gasteiger partial charge in [-0.15, -0.1) is 5.10 Å². The van der Waals surface area contributed by atoms with Gasteiger partial charge in [0.05, 0.1) is 41.3 Å². The molecular weight excluding hydrogens is 491 g/mol. The molecule has 1 atom stereocenters. The van der Waals surface area contributed by atoms with Crippen LogP contribution in [0.2, 0.25) is 0 Å². The Labute approximate surface area is 217 Å².